The summed E-state index contributed by atoms with van der Waals surface area (Å²) in [7, 11) is 3.20. The van der Waals surface area contributed by atoms with Gasteiger partial charge < -0.3 is 10.0 Å². The molecule has 1 aliphatic rings. The van der Waals surface area contributed by atoms with Crippen LogP contribution in [0.3, 0.4) is 0 Å². The van der Waals surface area contributed by atoms with Gasteiger partial charge in [-0.25, -0.2) is 0 Å². The van der Waals surface area contributed by atoms with Gasteiger partial charge in [-0.05, 0) is 26.3 Å². The maximum Gasteiger partial charge on any atom is 0.0319 e. The van der Waals surface area contributed by atoms with Crippen molar-refractivity contribution in [3.8, 4) is 0 Å². The minimum absolute atomic E-state index is 0.824. The van der Waals surface area contributed by atoms with E-state index in [0.29, 0.717) is 0 Å². The average Bonchev–Trinajstić information content (AvgIpc) is 2.16. The van der Waals surface area contributed by atoms with Crippen molar-refractivity contribution in [1.29, 1.82) is 0 Å². The maximum atomic E-state index is 7.00. The summed E-state index contributed by atoms with van der Waals surface area (Å²) in [6, 6.07) is 0.824. The molecule has 10 heavy (non-hydrogen) atoms. The van der Waals surface area contributed by atoms with Crippen molar-refractivity contribution in [2.75, 3.05) is 20.7 Å². The summed E-state index contributed by atoms with van der Waals surface area (Å²) in [4.78, 5) is 2.42. The molecule has 0 aliphatic carbocycles. The van der Waals surface area contributed by atoms with Crippen LogP contribution in [-0.4, -0.2) is 36.8 Å². The van der Waals surface area contributed by atoms with Gasteiger partial charge in [0.2, 0.25) is 0 Å². The molecule has 2 nitrogen and oxygen atoms in total. The molecule has 0 aromatic carbocycles. The van der Waals surface area contributed by atoms with Crippen LogP contribution < -0.4 is 0 Å². The Kier molecular flexibility index (Phi) is 4.65. The van der Waals surface area contributed by atoms with Crippen molar-refractivity contribution < 1.29 is 5.11 Å². The lowest BCUT2D eigenvalue weighted by Gasteiger charge is -2.12. The zero-order valence-corrected chi connectivity index (χ0v) is 7.46. The fourth-order valence-corrected chi connectivity index (χ4v) is 1.51. The highest BCUT2D eigenvalue weighted by Gasteiger charge is 2.21. The quantitative estimate of drug-likeness (QED) is 0.548. The third kappa shape index (κ3) is 2.67. The van der Waals surface area contributed by atoms with Crippen LogP contribution in [0.5, 0.6) is 0 Å². The molecule has 0 amide bonds. The van der Waals surface area contributed by atoms with Crippen LogP contribution in [0.25, 0.3) is 0 Å². The topological polar surface area (TPSA) is 23.5 Å². The van der Waals surface area contributed by atoms with Crippen molar-refractivity contribution in [2.24, 2.45) is 5.92 Å². The van der Waals surface area contributed by atoms with E-state index in [1.165, 1.54) is 13.0 Å². The van der Waals surface area contributed by atoms with Gasteiger partial charge >= 0.3 is 0 Å². The number of likely N-dealkylation sites (tertiary alicyclic amines) is 1. The molecule has 2 unspecified atom stereocenters. The first kappa shape index (κ1) is 9.92. The van der Waals surface area contributed by atoms with Gasteiger partial charge in [-0.3, -0.25) is 0 Å². The van der Waals surface area contributed by atoms with Crippen LogP contribution in [0.4, 0.5) is 0 Å². The molecule has 1 N–H and O–H groups in total. The van der Waals surface area contributed by atoms with Crippen LogP contribution in [0, 0.1) is 5.92 Å². The number of hydrogen-bond acceptors (Lipinski definition) is 2. The number of rotatable bonds is 0. The van der Waals surface area contributed by atoms with E-state index < -0.39 is 0 Å². The lowest BCUT2D eigenvalue weighted by atomic mass is 10.1. The molecule has 2 heteroatoms. The van der Waals surface area contributed by atoms with Crippen LogP contribution >= 0.6 is 0 Å². The predicted molar refractivity (Wildman–Crippen MR) is 44.0 cm³/mol. The zero-order chi connectivity index (χ0) is 8.15. The average molecular weight is 145 g/mol. The van der Waals surface area contributed by atoms with E-state index in [9.17, 15) is 0 Å². The lowest BCUT2D eigenvalue weighted by molar-refractivity contribution is 0.327. The van der Waals surface area contributed by atoms with E-state index in [2.05, 4.69) is 25.8 Å². The summed E-state index contributed by atoms with van der Waals surface area (Å²) in [6.07, 6.45) is 1.39. The summed E-state index contributed by atoms with van der Waals surface area (Å²) in [5.41, 5.74) is 0. The highest BCUT2D eigenvalue weighted by Crippen LogP contribution is 2.19. The van der Waals surface area contributed by atoms with E-state index >= 15 is 0 Å². The molecular formula is C8H19NO. The van der Waals surface area contributed by atoms with Gasteiger partial charge in [-0.15, -0.1) is 0 Å². The summed E-state index contributed by atoms with van der Waals surface area (Å²) >= 11 is 0. The molecule has 0 aromatic rings. The van der Waals surface area contributed by atoms with Crippen molar-refractivity contribution >= 4 is 0 Å². The maximum absolute atomic E-state index is 7.00. The molecule has 1 rings (SSSR count). The van der Waals surface area contributed by atoms with E-state index in [1.54, 1.807) is 0 Å². The molecular weight excluding hydrogens is 126 g/mol. The Morgan fingerprint density at radius 2 is 1.80 bits per heavy atom. The second kappa shape index (κ2) is 4.69. The fraction of sp³-hybridized carbons (Fsp3) is 1.00. The van der Waals surface area contributed by atoms with Crippen molar-refractivity contribution in [3.05, 3.63) is 0 Å². The summed E-state index contributed by atoms with van der Waals surface area (Å²) < 4.78 is 0. The second-order valence-corrected chi connectivity index (χ2v) is 3.13. The zero-order valence-electron chi connectivity index (χ0n) is 7.46. The van der Waals surface area contributed by atoms with Crippen LogP contribution in [0.15, 0.2) is 0 Å². The van der Waals surface area contributed by atoms with E-state index in [4.69, 9.17) is 5.11 Å². The monoisotopic (exact) mass is 145 g/mol. The van der Waals surface area contributed by atoms with Crippen molar-refractivity contribution in [3.63, 3.8) is 0 Å². The SMILES string of the molecule is CC1CC(C)N(C)C1.CO. The highest BCUT2D eigenvalue weighted by molar-refractivity contribution is 4.76. The Hall–Kier alpha value is -0.0800. The largest absolute Gasteiger partial charge is 0.400 e. The molecule has 0 bridgehead atoms. The molecule has 0 spiro atoms. The molecule has 1 heterocycles. The Morgan fingerprint density at radius 1 is 1.30 bits per heavy atom. The summed E-state index contributed by atoms with van der Waals surface area (Å²) in [5, 5.41) is 7.00. The Bertz CT molecular complexity index is 75.3. The highest BCUT2D eigenvalue weighted by atomic mass is 16.2. The standard InChI is InChI=1S/C7H15N.CH4O/c1-6-4-7(2)8(3)5-6;1-2/h6-7H,4-5H2,1-3H3;2H,1H3. The normalized spacial score (nSPS) is 33.3. The fourth-order valence-electron chi connectivity index (χ4n) is 1.51. The van der Waals surface area contributed by atoms with Gasteiger partial charge in [0, 0.05) is 19.7 Å². The van der Waals surface area contributed by atoms with Crippen LogP contribution in [-0.2, 0) is 0 Å². The summed E-state index contributed by atoms with van der Waals surface area (Å²) in [6.45, 7) is 5.91. The number of nitrogens with zero attached hydrogens (tertiary/aromatic N) is 1. The third-order valence-electron chi connectivity index (χ3n) is 2.10. The minimum Gasteiger partial charge on any atom is -0.400 e. The van der Waals surface area contributed by atoms with Gasteiger partial charge in [0.1, 0.15) is 0 Å². The van der Waals surface area contributed by atoms with Gasteiger partial charge in [0.15, 0.2) is 0 Å². The predicted octanol–water partition coefficient (Wildman–Crippen LogP) is 0.955. The first-order valence-electron chi connectivity index (χ1n) is 3.85. The first-order chi connectivity index (χ1) is 4.70. The van der Waals surface area contributed by atoms with Crippen LogP contribution in [0.1, 0.15) is 20.3 Å². The smallest absolute Gasteiger partial charge is 0.0319 e. The van der Waals surface area contributed by atoms with Crippen molar-refractivity contribution in [1.82, 2.24) is 4.90 Å². The Morgan fingerprint density at radius 3 is 1.90 bits per heavy atom. The molecule has 0 saturated carbocycles. The number of aliphatic hydroxyl groups is 1. The number of hydrogen-bond donors (Lipinski definition) is 1. The van der Waals surface area contributed by atoms with Gasteiger partial charge in [0.05, 0.1) is 0 Å². The molecule has 62 valence electrons. The third-order valence-corrected chi connectivity index (χ3v) is 2.10. The molecule has 0 aromatic heterocycles. The first-order valence-corrected chi connectivity index (χ1v) is 3.85. The Labute approximate surface area is 63.8 Å². The van der Waals surface area contributed by atoms with Gasteiger partial charge in [-0.1, -0.05) is 6.92 Å². The Balaban J connectivity index is 0.000000371. The summed E-state index contributed by atoms with van der Waals surface area (Å²) in [5.74, 6) is 0.926. The molecule has 0 radical (unpaired) electrons. The minimum atomic E-state index is 0.824. The van der Waals surface area contributed by atoms with Crippen LogP contribution in [0.2, 0.25) is 0 Å². The van der Waals surface area contributed by atoms with Gasteiger partial charge in [-0.2, -0.15) is 0 Å². The molecule has 1 aliphatic heterocycles. The molecule has 1 fully saturated rings. The molecule has 2 atom stereocenters. The van der Waals surface area contributed by atoms with Crippen molar-refractivity contribution in [2.45, 2.75) is 26.3 Å². The molecule has 1 saturated heterocycles. The van der Waals surface area contributed by atoms with E-state index in [1.807, 2.05) is 0 Å². The second-order valence-electron chi connectivity index (χ2n) is 3.13. The number of aliphatic hydroxyl groups excluding tert-OH is 1. The van der Waals surface area contributed by atoms with E-state index in [-0.39, 0.29) is 0 Å². The van der Waals surface area contributed by atoms with E-state index in [0.717, 1.165) is 19.1 Å². The van der Waals surface area contributed by atoms with Gasteiger partial charge in [0.25, 0.3) is 0 Å². The lowest BCUT2D eigenvalue weighted by Crippen LogP contribution is -2.21.